The minimum atomic E-state index is -0.250. The summed E-state index contributed by atoms with van der Waals surface area (Å²) in [5.74, 6) is -0.353. The van der Waals surface area contributed by atoms with Crippen molar-refractivity contribution >= 4 is 40.6 Å². The lowest BCUT2D eigenvalue weighted by atomic mass is 10.1. The molecule has 0 aliphatic heterocycles. The molecule has 0 fully saturated rings. The van der Waals surface area contributed by atoms with Crippen LogP contribution in [0.1, 0.15) is 23.2 Å². The molecule has 0 unspecified atom stereocenters. The van der Waals surface area contributed by atoms with Crippen molar-refractivity contribution in [2.45, 2.75) is 12.8 Å². The van der Waals surface area contributed by atoms with Crippen LogP contribution in [-0.4, -0.2) is 16.7 Å². The Labute approximate surface area is 132 Å². The number of ketones is 1. The molecule has 0 radical (unpaired) electrons. The maximum Gasteiger partial charge on any atom is 0.224 e. The molecule has 21 heavy (non-hydrogen) atoms. The van der Waals surface area contributed by atoms with Crippen LogP contribution >= 0.6 is 23.2 Å². The number of nitrogens with zero attached hydrogens (tertiary/aromatic N) is 1. The summed E-state index contributed by atoms with van der Waals surface area (Å²) >= 11 is 11.5. The van der Waals surface area contributed by atoms with Crippen molar-refractivity contribution < 1.29 is 9.59 Å². The second-order valence-corrected chi connectivity index (χ2v) is 5.17. The zero-order valence-electron chi connectivity index (χ0n) is 11.0. The predicted octanol–water partition coefficient (Wildman–Crippen LogP) is 3.99. The van der Waals surface area contributed by atoms with Crippen molar-refractivity contribution in [1.82, 2.24) is 4.98 Å². The Morgan fingerprint density at radius 2 is 1.76 bits per heavy atom. The molecule has 0 bridgehead atoms. The average molecular weight is 323 g/mol. The van der Waals surface area contributed by atoms with Gasteiger partial charge in [0.15, 0.2) is 5.78 Å². The van der Waals surface area contributed by atoms with Gasteiger partial charge in [-0.25, -0.2) is 4.98 Å². The number of hydrogen-bond donors (Lipinski definition) is 1. The van der Waals surface area contributed by atoms with E-state index in [0.717, 1.165) is 0 Å². The molecule has 1 aromatic heterocycles. The van der Waals surface area contributed by atoms with E-state index in [4.69, 9.17) is 23.2 Å². The maximum absolute atomic E-state index is 11.9. The molecule has 2 aromatic rings. The Morgan fingerprint density at radius 1 is 1.05 bits per heavy atom. The Morgan fingerprint density at radius 3 is 2.43 bits per heavy atom. The van der Waals surface area contributed by atoms with Crippen molar-refractivity contribution in [3.63, 3.8) is 0 Å². The lowest BCUT2D eigenvalue weighted by molar-refractivity contribution is -0.116. The van der Waals surface area contributed by atoms with Crippen LogP contribution in [0.15, 0.2) is 42.6 Å². The molecule has 2 rings (SSSR count). The Balaban J connectivity index is 1.86. The molecule has 1 amide bonds. The third-order valence-corrected chi connectivity index (χ3v) is 3.21. The van der Waals surface area contributed by atoms with E-state index >= 15 is 0 Å². The first-order chi connectivity index (χ1) is 10.0. The lowest BCUT2D eigenvalue weighted by Crippen LogP contribution is -2.13. The normalized spacial score (nSPS) is 10.2. The van der Waals surface area contributed by atoms with Gasteiger partial charge in [0.2, 0.25) is 5.91 Å². The maximum atomic E-state index is 11.9. The fourth-order valence-corrected chi connectivity index (χ4v) is 2.01. The third-order valence-electron chi connectivity index (χ3n) is 2.76. The minimum Gasteiger partial charge on any atom is -0.326 e. The first kappa shape index (κ1) is 15.5. The van der Waals surface area contributed by atoms with E-state index in [1.54, 1.807) is 36.4 Å². The molecule has 0 aliphatic carbocycles. The van der Waals surface area contributed by atoms with Crippen molar-refractivity contribution in [2.75, 3.05) is 5.32 Å². The van der Waals surface area contributed by atoms with Crippen LogP contribution < -0.4 is 5.32 Å². The van der Waals surface area contributed by atoms with Gasteiger partial charge >= 0.3 is 0 Å². The van der Waals surface area contributed by atoms with Crippen LogP contribution in [0, 0.1) is 0 Å². The van der Waals surface area contributed by atoms with Gasteiger partial charge in [-0.05, 0) is 36.4 Å². The number of carbonyl (C=O) groups is 2. The molecule has 6 heteroatoms. The van der Waals surface area contributed by atoms with E-state index in [0.29, 0.717) is 21.4 Å². The van der Waals surface area contributed by atoms with Crippen LogP contribution in [0.2, 0.25) is 10.2 Å². The third kappa shape index (κ3) is 4.85. The summed E-state index contributed by atoms with van der Waals surface area (Å²) in [6, 6.07) is 9.75. The van der Waals surface area contributed by atoms with Gasteiger partial charge < -0.3 is 5.32 Å². The second kappa shape index (κ2) is 7.20. The van der Waals surface area contributed by atoms with Gasteiger partial charge in [-0.15, -0.1) is 0 Å². The highest BCUT2D eigenvalue weighted by atomic mass is 35.5. The van der Waals surface area contributed by atoms with E-state index < -0.39 is 0 Å². The minimum absolute atomic E-state index is 0.0986. The van der Waals surface area contributed by atoms with Crippen LogP contribution in [0.3, 0.4) is 0 Å². The number of benzene rings is 1. The van der Waals surface area contributed by atoms with Crippen molar-refractivity contribution in [3.05, 3.63) is 58.3 Å². The smallest absolute Gasteiger partial charge is 0.224 e. The molecule has 1 aromatic carbocycles. The SMILES string of the molecule is O=C(CCC(=O)c1ccc(Cl)cc1)Nc1ccnc(Cl)c1. The van der Waals surface area contributed by atoms with E-state index in [9.17, 15) is 9.59 Å². The number of rotatable bonds is 5. The topological polar surface area (TPSA) is 59.1 Å². The van der Waals surface area contributed by atoms with E-state index in [-0.39, 0.29) is 24.5 Å². The van der Waals surface area contributed by atoms with Gasteiger partial charge in [0, 0.05) is 35.3 Å². The number of amides is 1. The zero-order chi connectivity index (χ0) is 15.2. The van der Waals surface area contributed by atoms with Gasteiger partial charge in [-0.1, -0.05) is 23.2 Å². The molecule has 1 heterocycles. The first-order valence-electron chi connectivity index (χ1n) is 6.25. The largest absolute Gasteiger partial charge is 0.326 e. The standard InChI is InChI=1S/C15H12Cl2N2O2/c16-11-3-1-10(2-4-11)13(20)5-6-15(21)19-12-7-8-18-14(17)9-12/h1-4,7-9H,5-6H2,(H,18,19,21). The van der Waals surface area contributed by atoms with Crippen LogP contribution in [-0.2, 0) is 4.79 Å². The summed E-state index contributed by atoms with van der Waals surface area (Å²) in [6.45, 7) is 0. The highest BCUT2D eigenvalue weighted by Crippen LogP contribution is 2.14. The molecule has 108 valence electrons. The number of Topliss-reactive ketones (excluding diaryl/α,β-unsaturated/α-hetero) is 1. The molecule has 0 atom stereocenters. The van der Waals surface area contributed by atoms with Gasteiger partial charge in [-0.3, -0.25) is 9.59 Å². The summed E-state index contributed by atoms with van der Waals surface area (Å²) in [5.41, 5.74) is 1.10. The predicted molar refractivity (Wildman–Crippen MR) is 82.9 cm³/mol. The fraction of sp³-hybridized carbons (Fsp3) is 0.133. The zero-order valence-corrected chi connectivity index (χ0v) is 12.5. The summed E-state index contributed by atoms with van der Waals surface area (Å²) in [7, 11) is 0. The monoisotopic (exact) mass is 322 g/mol. The summed E-state index contributed by atoms with van der Waals surface area (Å²) < 4.78 is 0. The number of nitrogens with one attached hydrogen (secondary N) is 1. The van der Waals surface area contributed by atoms with Crippen LogP contribution in [0.5, 0.6) is 0 Å². The van der Waals surface area contributed by atoms with E-state index in [1.807, 2.05) is 0 Å². The van der Waals surface area contributed by atoms with Crippen LogP contribution in [0.4, 0.5) is 5.69 Å². The molecule has 0 spiro atoms. The number of pyridine rings is 1. The molecular weight excluding hydrogens is 311 g/mol. The lowest BCUT2D eigenvalue weighted by Gasteiger charge is -2.05. The van der Waals surface area contributed by atoms with Crippen molar-refractivity contribution in [1.29, 1.82) is 0 Å². The quantitative estimate of drug-likeness (QED) is 0.668. The summed E-state index contributed by atoms with van der Waals surface area (Å²) in [4.78, 5) is 27.5. The first-order valence-corrected chi connectivity index (χ1v) is 7.00. The number of hydrogen-bond acceptors (Lipinski definition) is 3. The molecule has 4 nitrogen and oxygen atoms in total. The van der Waals surface area contributed by atoms with Crippen molar-refractivity contribution in [3.8, 4) is 0 Å². The molecule has 0 aliphatic rings. The highest BCUT2D eigenvalue weighted by Gasteiger charge is 2.09. The van der Waals surface area contributed by atoms with E-state index in [1.165, 1.54) is 6.20 Å². The Kier molecular flexibility index (Phi) is 5.31. The average Bonchev–Trinajstić information content (AvgIpc) is 2.45. The van der Waals surface area contributed by atoms with Crippen molar-refractivity contribution in [2.24, 2.45) is 0 Å². The molecular formula is C15H12Cl2N2O2. The fourth-order valence-electron chi connectivity index (χ4n) is 1.71. The molecule has 1 N–H and O–H groups in total. The number of halogens is 2. The van der Waals surface area contributed by atoms with Crippen LogP contribution in [0.25, 0.3) is 0 Å². The molecule has 0 saturated heterocycles. The summed E-state index contributed by atoms with van der Waals surface area (Å²) in [6.07, 6.45) is 1.73. The Bertz CT molecular complexity index is 657. The number of carbonyl (C=O) groups excluding carboxylic acids is 2. The van der Waals surface area contributed by atoms with Gasteiger partial charge in [0.05, 0.1) is 0 Å². The number of aromatic nitrogens is 1. The Hall–Kier alpha value is -1.91. The highest BCUT2D eigenvalue weighted by molar-refractivity contribution is 6.30. The van der Waals surface area contributed by atoms with Gasteiger partial charge in [0.1, 0.15) is 5.15 Å². The van der Waals surface area contributed by atoms with E-state index in [2.05, 4.69) is 10.3 Å². The molecule has 0 saturated carbocycles. The second-order valence-electron chi connectivity index (χ2n) is 4.35. The van der Waals surface area contributed by atoms with Gasteiger partial charge in [-0.2, -0.15) is 0 Å². The van der Waals surface area contributed by atoms with Gasteiger partial charge in [0.25, 0.3) is 0 Å². The summed E-state index contributed by atoms with van der Waals surface area (Å²) in [5, 5.41) is 3.53. The number of anilines is 1.